The van der Waals surface area contributed by atoms with Gasteiger partial charge in [0.05, 0.1) is 16.6 Å². The van der Waals surface area contributed by atoms with E-state index in [-0.39, 0.29) is 10.2 Å². The number of carbonyl (C=O) groups is 1. The van der Waals surface area contributed by atoms with Crippen LogP contribution in [0.25, 0.3) is 10.9 Å². The van der Waals surface area contributed by atoms with E-state index in [0.717, 1.165) is 11.3 Å². The van der Waals surface area contributed by atoms with E-state index in [0.29, 0.717) is 16.6 Å². The van der Waals surface area contributed by atoms with Crippen LogP contribution in [0.3, 0.4) is 0 Å². The van der Waals surface area contributed by atoms with E-state index in [1.165, 1.54) is 6.07 Å². The molecule has 2 heterocycles. The SMILES string of the molecule is O=C(Nc1c[nH]c2cccc(F)c12)c1nc(Cl)cs1. The Morgan fingerprint density at radius 3 is 3.05 bits per heavy atom. The van der Waals surface area contributed by atoms with E-state index >= 15 is 0 Å². The summed E-state index contributed by atoms with van der Waals surface area (Å²) in [4.78, 5) is 18.7. The molecular weight excluding hydrogens is 289 g/mol. The van der Waals surface area contributed by atoms with Crippen molar-refractivity contribution < 1.29 is 9.18 Å². The van der Waals surface area contributed by atoms with E-state index in [1.54, 1.807) is 23.7 Å². The lowest BCUT2D eigenvalue weighted by molar-refractivity contribution is 0.102. The van der Waals surface area contributed by atoms with Crippen molar-refractivity contribution in [1.82, 2.24) is 9.97 Å². The number of carbonyl (C=O) groups excluding carboxylic acids is 1. The molecule has 2 aromatic heterocycles. The number of thiazole rings is 1. The predicted octanol–water partition coefficient (Wildman–Crippen LogP) is 3.67. The first-order valence-electron chi connectivity index (χ1n) is 5.33. The Hall–Kier alpha value is -1.92. The average Bonchev–Trinajstić information content (AvgIpc) is 2.97. The fourth-order valence-corrected chi connectivity index (χ4v) is 2.61. The Morgan fingerprint density at radius 2 is 2.32 bits per heavy atom. The molecule has 0 radical (unpaired) electrons. The Bertz CT molecular complexity index is 767. The van der Waals surface area contributed by atoms with Gasteiger partial charge in [-0.2, -0.15) is 0 Å². The molecule has 3 rings (SSSR count). The zero-order valence-electron chi connectivity index (χ0n) is 9.41. The highest BCUT2D eigenvalue weighted by Gasteiger charge is 2.14. The monoisotopic (exact) mass is 295 g/mol. The maximum Gasteiger partial charge on any atom is 0.284 e. The van der Waals surface area contributed by atoms with Crippen LogP contribution in [0, 0.1) is 5.82 Å². The standard InChI is InChI=1S/C12H7ClFN3OS/c13-9-5-19-12(17-9)11(18)16-8-4-15-7-3-1-2-6(14)10(7)8/h1-5,15H,(H,16,18). The minimum atomic E-state index is -0.416. The number of hydrogen-bond acceptors (Lipinski definition) is 3. The van der Waals surface area contributed by atoms with Crippen molar-refractivity contribution in [3.05, 3.63) is 45.8 Å². The molecular formula is C12H7ClFN3OS. The summed E-state index contributed by atoms with van der Waals surface area (Å²) in [5.41, 5.74) is 0.997. The fraction of sp³-hybridized carbons (Fsp3) is 0. The summed E-state index contributed by atoms with van der Waals surface area (Å²) < 4.78 is 13.7. The first kappa shape index (κ1) is 12.1. The summed E-state index contributed by atoms with van der Waals surface area (Å²) in [6.45, 7) is 0. The molecule has 0 saturated heterocycles. The van der Waals surface area contributed by atoms with Crippen molar-refractivity contribution in [1.29, 1.82) is 0 Å². The molecule has 0 unspecified atom stereocenters. The first-order chi connectivity index (χ1) is 9.15. The Morgan fingerprint density at radius 1 is 1.47 bits per heavy atom. The van der Waals surface area contributed by atoms with Gasteiger partial charge in [0.2, 0.25) is 0 Å². The molecule has 4 nitrogen and oxygen atoms in total. The lowest BCUT2D eigenvalue weighted by Crippen LogP contribution is -2.11. The molecule has 2 N–H and O–H groups in total. The van der Waals surface area contributed by atoms with Crippen molar-refractivity contribution >= 4 is 45.4 Å². The second kappa shape index (κ2) is 4.64. The topological polar surface area (TPSA) is 57.8 Å². The van der Waals surface area contributed by atoms with E-state index in [9.17, 15) is 9.18 Å². The highest BCUT2D eigenvalue weighted by molar-refractivity contribution is 7.12. The number of H-pyrrole nitrogens is 1. The summed E-state index contributed by atoms with van der Waals surface area (Å²) in [5, 5.41) is 5.02. The molecule has 0 saturated carbocycles. The smallest absolute Gasteiger partial charge is 0.284 e. The number of aromatic nitrogens is 2. The average molecular weight is 296 g/mol. The van der Waals surface area contributed by atoms with Crippen LogP contribution in [-0.2, 0) is 0 Å². The minimum Gasteiger partial charge on any atom is -0.359 e. The number of halogens is 2. The fourth-order valence-electron chi connectivity index (χ4n) is 1.77. The number of nitrogens with zero attached hydrogens (tertiary/aromatic N) is 1. The maximum atomic E-state index is 13.7. The molecule has 0 bridgehead atoms. The van der Waals surface area contributed by atoms with Gasteiger partial charge in [0.1, 0.15) is 11.0 Å². The van der Waals surface area contributed by atoms with Gasteiger partial charge in [-0.15, -0.1) is 11.3 Å². The van der Waals surface area contributed by atoms with E-state index in [4.69, 9.17) is 11.6 Å². The number of fused-ring (bicyclic) bond motifs is 1. The van der Waals surface area contributed by atoms with Crippen molar-refractivity contribution in [2.75, 3.05) is 5.32 Å². The van der Waals surface area contributed by atoms with E-state index in [1.807, 2.05) is 0 Å². The third kappa shape index (κ3) is 2.20. The van der Waals surface area contributed by atoms with Gasteiger partial charge >= 0.3 is 0 Å². The highest BCUT2D eigenvalue weighted by Crippen LogP contribution is 2.26. The van der Waals surface area contributed by atoms with Gasteiger partial charge in [-0.25, -0.2) is 9.37 Å². The second-order valence-corrected chi connectivity index (χ2v) is 5.04. The van der Waals surface area contributed by atoms with Crippen LogP contribution < -0.4 is 5.32 Å². The summed E-state index contributed by atoms with van der Waals surface area (Å²) >= 11 is 6.79. The second-order valence-electron chi connectivity index (χ2n) is 3.79. The molecule has 1 aromatic carbocycles. The molecule has 3 aromatic rings. The number of hydrogen-bond donors (Lipinski definition) is 2. The van der Waals surface area contributed by atoms with Crippen molar-refractivity contribution in [3.63, 3.8) is 0 Å². The van der Waals surface area contributed by atoms with Gasteiger partial charge in [0.25, 0.3) is 5.91 Å². The third-order valence-corrected chi connectivity index (χ3v) is 3.74. The molecule has 0 spiro atoms. The quantitative estimate of drug-likeness (QED) is 0.758. The van der Waals surface area contributed by atoms with E-state index in [2.05, 4.69) is 15.3 Å². The maximum absolute atomic E-state index is 13.7. The Balaban J connectivity index is 1.96. The first-order valence-corrected chi connectivity index (χ1v) is 6.59. The van der Waals surface area contributed by atoms with Gasteiger partial charge in [-0.1, -0.05) is 17.7 Å². The van der Waals surface area contributed by atoms with Gasteiger partial charge in [0, 0.05) is 11.6 Å². The minimum absolute atomic E-state index is 0.232. The number of aromatic amines is 1. The van der Waals surface area contributed by atoms with Crippen LogP contribution in [0.1, 0.15) is 9.80 Å². The molecule has 0 aliphatic carbocycles. The number of rotatable bonds is 2. The van der Waals surface area contributed by atoms with Crippen LogP contribution in [0.2, 0.25) is 5.15 Å². The Labute approximate surface area is 116 Å². The van der Waals surface area contributed by atoms with Gasteiger partial charge in [-0.05, 0) is 12.1 Å². The van der Waals surface area contributed by atoms with Gasteiger partial charge < -0.3 is 10.3 Å². The third-order valence-electron chi connectivity index (χ3n) is 2.57. The normalized spacial score (nSPS) is 10.8. The van der Waals surface area contributed by atoms with Crippen LogP contribution in [-0.4, -0.2) is 15.9 Å². The largest absolute Gasteiger partial charge is 0.359 e. The number of amides is 1. The molecule has 1 amide bonds. The summed E-state index contributed by atoms with van der Waals surface area (Å²) in [6.07, 6.45) is 1.54. The van der Waals surface area contributed by atoms with Crippen molar-refractivity contribution in [3.8, 4) is 0 Å². The lowest BCUT2D eigenvalue weighted by atomic mass is 10.2. The Kier molecular flexibility index (Phi) is 2.96. The van der Waals surface area contributed by atoms with E-state index < -0.39 is 11.7 Å². The predicted molar refractivity (Wildman–Crippen MR) is 73.3 cm³/mol. The summed E-state index contributed by atoms with van der Waals surface area (Å²) in [6, 6.07) is 4.67. The van der Waals surface area contributed by atoms with Crippen LogP contribution in [0.15, 0.2) is 29.8 Å². The molecule has 0 atom stereocenters. The zero-order valence-corrected chi connectivity index (χ0v) is 11.0. The number of anilines is 1. The molecule has 7 heteroatoms. The van der Waals surface area contributed by atoms with Crippen LogP contribution in [0.4, 0.5) is 10.1 Å². The molecule has 0 aliphatic rings. The van der Waals surface area contributed by atoms with Crippen molar-refractivity contribution in [2.24, 2.45) is 0 Å². The van der Waals surface area contributed by atoms with Gasteiger partial charge in [-0.3, -0.25) is 4.79 Å². The van der Waals surface area contributed by atoms with Crippen LogP contribution in [0.5, 0.6) is 0 Å². The van der Waals surface area contributed by atoms with Crippen molar-refractivity contribution in [2.45, 2.75) is 0 Å². The zero-order chi connectivity index (χ0) is 13.4. The highest BCUT2D eigenvalue weighted by atomic mass is 35.5. The van der Waals surface area contributed by atoms with Crippen LogP contribution >= 0.6 is 22.9 Å². The molecule has 96 valence electrons. The number of benzene rings is 1. The molecule has 0 aliphatic heterocycles. The molecule has 0 fully saturated rings. The lowest BCUT2D eigenvalue weighted by Gasteiger charge is -2.01. The summed E-state index contributed by atoms with van der Waals surface area (Å²) in [7, 11) is 0. The summed E-state index contributed by atoms with van der Waals surface area (Å²) in [5.74, 6) is -0.813. The molecule has 19 heavy (non-hydrogen) atoms. The number of nitrogens with one attached hydrogen (secondary N) is 2. The van der Waals surface area contributed by atoms with Gasteiger partial charge in [0.15, 0.2) is 5.01 Å².